The Morgan fingerprint density at radius 3 is 2.19 bits per heavy atom. The first-order chi connectivity index (χ1) is 7.34. The van der Waals surface area contributed by atoms with E-state index in [-0.39, 0.29) is 24.9 Å². The Balaban J connectivity index is 4.19. The fourth-order valence-electron chi connectivity index (χ4n) is 1.10. The van der Waals surface area contributed by atoms with E-state index in [4.69, 9.17) is 9.84 Å². The number of hydrogen-bond donors (Lipinski definition) is 1. The van der Waals surface area contributed by atoms with E-state index in [0.717, 1.165) is 0 Å². The molecular weight excluding hydrogens is 210 g/mol. The molecule has 0 aliphatic rings. The Kier molecular flexibility index (Phi) is 6.53. The van der Waals surface area contributed by atoms with Crippen molar-refractivity contribution in [2.45, 2.75) is 40.2 Å². The molecule has 94 valence electrons. The minimum Gasteiger partial charge on any atom is -0.481 e. The molecule has 0 aromatic carbocycles. The fourth-order valence-corrected chi connectivity index (χ4v) is 1.10. The van der Waals surface area contributed by atoms with Crippen LogP contribution in [0.25, 0.3) is 0 Å². The van der Waals surface area contributed by atoms with Gasteiger partial charge in [0.1, 0.15) is 0 Å². The Morgan fingerprint density at radius 1 is 1.25 bits per heavy atom. The number of carboxylic acids is 1. The lowest BCUT2D eigenvalue weighted by atomic mass is 10.2. The molecule has 0 rings (SSSR count). The van der Waals surface area contributed by atoms with Gasteiger partial charge in [0.2, 0.25) is 0 Å². The number of ether oxygens (including phenoxy) is 1. The van der Waals surface area contributed by atoms with Crippen molar-refractivity contribution < 1.29 is 19.4 Å². The molecule has 0 aliphatic carbocycles. The van der Waals surface area contributed by atoms with Crippen molar-refractivity contribution in [2.75, 3.05) is 13.2 Å². The summed E-state index contributed by atoms with van der Waals surface area (Å²) in [5.41, 5.74) is 0. The molecule has 5 heteroatoms. The molecule has 0 fully saturated rings. The zero-order valence-corrected chi connectivity index (χ0v) is 10.4. The van der Waals surface area contributed by atoms with Gasteiger partial charge in [-0.15, -0.1) is 0 Å². The predicted octanol–water partition coefficient (Wildman–Crippen LogP) is 1.96. The van der Waals surface area contributed by atoms with E-state index in [1.54, 1.807) is 0 Å². The summed E-state index contributed by atoms with van der Waals surface area (Å²) in [6.07, 6.45) is -0.500. The maximum absolute atomic E-state index is 11.6. The van der Waals surface area contributed by atoms with Gasteiger partial charge in [0.15, 0.2) is 0 Å². The van der Waals surface area contributed by atoms with E-state index in [0.29, 0.717) is 6.61 Å². The molecule has 0 radical (unpaired) electrons. The first kappa shape index (κ1) is 14.7. The quantitative estimate of drug-likeness (QED) is 0.758. The first-order valence-electron chi connectivity index (χ1n) is 5.49. The average molecular weight is 231 g/mol. The maximum atomic E-state index is 11.6. The van der Waals surface area contributed by atoms with E-state index >= 15 is 0 Å². The number of nitrogens with zero attached hydrogens (tertiary/aromatic N) is 1. The SMILES string of the molecule is CC(C)COC(=O)N(CCC(=O)O)C(C)C. The minimum atomic E-state index is -0.915. The van der Waals surface area contributed by atoms with Crippen molar-refractivity contribution in [1.29, 1.82) is 0 Å². The molecule has 0 saturated carbocycles. The highest BCUT2D eigenvalue weighted by molar-refractivity contribution is 5.70. The Morgan fingerprint density at radius 2 is 1.81 bits per heavy atom. The van der Waals surface area contributed by atoms with Crippen molar-refractivity contribution in [2.24, 2.45) is 5.92 Å². The van der Waals surface area contributed by atoms with Crippen LogP contribution in [0.4, 0.5) is 4.79 Å². The van der Waals surface area contributed by atoms with Gasteiger partial charge < -0.3 is 14.7 Å². The van der Waals surface area contributed by atoms with Crippen molar-refractivity contribution in [1.82, 2.24) is 4.90 Å². The number of aliphatic carboxylic acids is 1. The first-order valence-corrected chi connectivity index (χ1v) is 5.49. The lowest BCUT2D eigenvalue weighted by Crippen LogP contribution is -2.39. The highest BCUT2D eigenvalue weighted by atomic mass is 16.6. The van der Waals surface area contributed by atoms with Crippen LogP contribution < -0.4 is 0 Å². The average Bonchev–Trinajstić information content (AvgIpc) is 2.13. The van der Waals surface area contributed by atoms with Crippen LogP contribution in [0.1, 0.15) is 34.1 Å². The molecule has 16 heavy (non-hydrogen) atoms. The molecule has 0 atom stereocenters. The molecule has 0 aromatic heterocycles. The van der Waals surface area contributed by atoms with E-state index in [1.807, 2.05) is 27.7 Å². The topological polar surface area (TPSA) is 66.8 Å². The van der Waals surface area contributed by atoms with Crippen LogP contribution >= 0.6 is 0 Å². The van der Waals surface area contributed by atoms with Gasteiger partial charge in [0.05, 0.1) is 13.0 Å². The van der Waals surface area contributed by atoms with Crippen LogP contribution in [0.3, 0.4) is 0 Å². The summed E-state index contributed by atoms with van der Waals surface area (Å²) >= 11 is 0. The molecule has 0 saturated heterocycles. The third-order valence-corrected chi connectivity index (χ3v) is 1.96. The van der Waals surface area contributed by atoms with E-state index in [1.165, 1.54) is 4.90 Å². The number of carbonyl (C=O) groups excluding carboxylic acids is 1. The molecule has 0 aliphatic heterocycles. The lowest BCUT2D eigenvalue weighted by molar-refractivity contribution is -0.137. The largest absolute Gasteiger partial charge is 0.481 e. The summed E-state index contributed by atoms with van der Waals surface area (Å²) in [4.78, 5) is 23.5. The summed E-state index contributed by atoms with van der Waals surface area (Å²) in [5.74, 6) is -0.639. The molecule has 0 spiro atoms. The van der Waals surface area contributed by atoms with Crippen LogP contribution in [0, 0.1) is 5.92 Å². The monoisotopic (exact) mass is 231 g/mol. The van der Waals surface area contributed by atoms with Gasteiger partial charge >= 0.3 is 12.1 Å². The number of rotatable bonds is 6. The van der Waals surface area contributed by atoms with Crippen LogP contribution in [-0.4, -0.2) is 41.3 Å². The summed E-state index contributed by atoms with van der Waals surface area (Å²) in [7, 11) is 0. The summed E-state index contributed by atoms with van der Waals surface area (Å²) < 4.78 is 5.05. The Hall–Kier alpha value is -1.26. The van der Waals surface area contributed by atoms with E-state index in [2.05, 4.69) is 0 Å². The molecule has 5 nitrogen and oxygen atoms in total. The summed E-state index contributed by atoms with van der Waals surface area (Å²) in [5, 5.41) is 8.57. The Labute approximate surface area is 96.4 Å². The molecular formula is C11H21NO4. The molecule has 0 unspecified atom stereocenters. The molecule has 1 amide bonds. The van der Waals surface area contributed by atoms with Gasteiger partial charge in [0, 0.05) is 12.6 Å². The molecule has 0 bridgehead atoms. The number of amides is 1. The minimum absolute atomic E-state index is 0.0565. The second-order valence-electron chi connectivity index (χ2n) is 4.40. The lowest BCUT2D eigenvalue weighted by Gasteiger charge is -2.25. The number of carbonyl (C=O) groups is 2. The van der Waals surface area contributed by atoms with E-state index in [9.17, 15) is 9.59 Å². The summed E-state index contributed by atoms with van der Waals surface area (Å²) in [6, 6.07) is -0.0565. The van der Waals surface area contributed by atoms with Crippen molar-refractivity contribution >= 4 is 12.1 Å². The third-order valence-electron chi connectivity index (χ3n) is 1.96. The van der Waals surface area contributed by atoms with Crippen LogP contribution in [0.2, 0.25) is 0 Å². The Bertz CT molecular complexity index is 238. The predicted molar refractivity (Wildman–Crippen MR) is 60.3 cm³/mol. The maximum Gasteiger partial charge on any atom is 0.410 e. The molecule has 0 heterocycles. The zero-order valence-electron chi connectivity index (χ0n) is 10.4. The van der Waals surface area contributed by atoms with Crippen LogP contribution in [0.15, 0.2) is 0 Å². The van der Waals surface area contributed by atoms with Gasteiger partial charge in [-0.1, -0.05) is 13.8 Å². The van der Waals surface area contributed by atoms with Gasteiger partial charge in [0.25, 0.3) is 0 Å². The normalized spacial score (nSPS) is 10.6. The van der Waals surface area contributed by atoms with Gasteiger partial charge in [-0.2, -0.15) is 0 Å². The van der Waals surface area contributed by atoms with Crippen molar-refractivity contribution in [3.63, 3.8) is 0 Å². The molecule has 0 aromatic rings. The summed E-state index contributed by atoms with van der Waals surface area (Å²) in [6.45, 7) is 8.10. The van der Waals surface area contributed by atoms with Gasteiger partial charge in [-0.3, -0.25) is 4.79 Å². The second kappa shape index (κ2) is 7.09. The zero-order chi connectivity index (χ0) is 12.7. The smallest absolute Gasteiger partial charge is 0.410 e. The standard InChI is InChI=1S/C11H21NO4/c1-8(2)7-16-11(15)12(9(3)4)6-5-10(13)14/h8-9H,5-7H2,1-4H3,(H,13,14). The fraction of sp³-hybridized carbons (Fsp3) is 0.818. The van der Waals surface area contributed by atoms with Crippen LogP contribution in [-0.2, 0) is 9.53 Å². The molecule has 1 N–H and O–H groups in total. The van der Waals surface area contributed by atoms with Gasteiger partial charge in [-0.25, -0.2) is 4.79 Å². The van der Waals surface area contributed by atoms with E-state index < -0.39 is 12.1 Å². The highest BCUT2D eigenvalue weighted by Gasteiger charge is 2.19. The van der Waals surface area contributed by atoms with Gasteiger partial charge in [-0.05, 0) is 19.8 Å². The highest BCUT2D eigenvalue weighted by Crippen LogP contribution is 2.05. The number of hydrogen-bond acceptors (Lipinski definition) is 3. The second-order valence-corrected chi connectivity index (χ2v) is 4.40. The number of carboxylic acid groups (broad SMARTS) is 1. The van der Waals surface area contributed by atoms with Crippen LogP contribution in [0.5, 0.6) is 0 Å². The van der Waals surface area contributed by atoms with Crippen molar-refractivity contribution in [3.05, 3.63) is 0 Å². The third kappa shape index (κ3) is 6.27. The van der Waals surface area contributed by atoms with Crippen molar-refractivity contribution in [3.8, 4) is 0 Å².